The number of nitrogens with zero attached hydrogens (tertiary/aromatic N) is 4. The minimum Gasteiger partial charge on any atom is -0.335 e. The zero-order valence-corrected chi connectivity index (χ0v) is 15.8. The highest BCUT2D eigenvalue weighted by Gasteiger charge is 2.26. The van der Waals surface area contributed by atoms with Crippen LogP contribution in [0.1, 0.15) is 10.4 Å². The summed E-state index contributed by atoms with van der Waals surface area (Å²) in [6.07, 6.45) is 0. The molecule has 2 heterocycles. The molecule has 27 heavy (non-hydrogen) atoms. The molecule has 0 aliphatic carbocycles. The molecule has 0 spiro atoms. The van der Waals surface area contributed by atoms with E-state index in [1.807, 2.05) is 35.2 Å². The van der Waals surface area contributed by atoms with Crippen molar-refractivity contribution in [2.75, 3.05) is 31.1 Å². The minimum atomic E-state index is -0.102. The van der Waals surface area contributed by atoms with E-state index in [1.54, 1.807) is 23.1 Å². The van der Waals surface area contributed by atoms with Gasteiger partial charge >= 0.3 is 0 Å². The molecule has 6 nitrogen and oxygen atoms in total. The fourth-order valence-corrected chi connectivity index (χ4v) is 3.47. The Hall–Kier alpha value is -2.57. The van der Waals surface area contributed by atoms with Crippen LogP contribution in [0.25, 0.3) is 11.5 Å². The number of anilines is 1. The first-order valence-corrected chi connectivity index (χ1v) is 9.26. The summed E-state index contributed by atoms with van der Waals surface area (Å²) in [4.78, 5) is 20.9. The lowest BCUT2D eigenvalue weighted by Crippen LogP contribution is -2.49. The lowest BCUT2D eigenvalue weighted by molar-refractivity contribution is 0.0746. The average Bonchev–Trinajstić information content (AvgIpc) is 3.19. The first kappa shape index (κ1) is 17.8. The van der Waals surface area contributed by atoms with Crippen molar-refractivity contribution in [3.05, 3.63) is 64.1 Å². The molecule has 0 unspecified atom stereocenters. The highest BCUT2D eigenvalue weighted by molar-refractivity contribution is 6.36. The Morgan fingerprint density at radius 2 is 1.74 bits per heavy atom. The van der Waals surface area contributed by atoms with Gasteiger partial charge in [0.05, 0.1) is 10.6 Å². The number of piperazine rings is 1. The standard InChI is InChI=1S/C19H16Cl2N4O2/c20-14-6-7-15(16(21)12-14)18(26)24-8-10-25(11-9-24)19-22-17(27-23-19)13-4-2-1-3-5-13/h1-7,12H,8-11H2. The number of hydrogen-bond acceptors (Lipinski definition) is 5. The van der Waals surface area contributed by atoms with Crippen LogP contribution in [0, 0.1) is 0 Å². The van der Waals surface area contributed by atoms with Crippen molar-refractivity contribution in [2.24, 2.45) is 0 Å². The van der Waals surface area contributed by atoms with Crippen molar-refractivity contribution in [2.45, 2.75) is 0 Å². The number of benzene rings is 2. The van der Waals surface area contributed by atoms with Crippen LogP contribution in [0.5, 0.6) is 0 Å². The van der Waals surface area contributed by atoms with Crippen LogP contribution in [0.2, 0.25) is 10.0 Å². The molecule has 0 N–H and O–H groups in total. The fraction of sp³-hybridized carbons (Fsp3) is 0.211. The minimum absolute atomic E-state index is 0.102. The van der Waals surface area contributed by atoms with Crippen LogP contribution in [-0.4, -0.2) is 47.1 Å². The molecule has 1 amide bonds. The van der Waals surface area contributed by atoms with E-state index in [1.165, 1.54) is 0 Å². The van der Waals surface area contributed by atoms with Crippen molar-refractivity contribution in [1.82, 2.24) is 15.0 Å². The Kier molecular flexibility index (Phi) is 5.01. The number of carbonyl (C=O) groups excluding carboxylic acids is 1. The van der Waals surface area contributed by atoms with Gasteiger partial charge < -0.3 is 14.3 Å². The third kappa shape index (κ3) is 3.77. The smallest absolute Gasteiger partial charge is 0.266 e. The number of hydrogen-bond donors (Lipinski definition) is 0. The highest BCUT2D eigenvalue weighted by Crippen LogP contribution is 2.24. The summed E-state index contributed by atoms with van der Waals surface area (Å²) in [5, 5.41) is 4.94. The van der Waals surface area contributed by atoms with Gasteiger partial charge in [-0.15, -0.1) is 0 Å². The third-order valence-electron chi connectivity index (χ3n) is 4.45. The van der Waals surface area contributed by atoms with Crippen LogP contribution >= 0.6 is 23.2 Å². The van der Waals surface area contributed by atoms with Gasteiger partial charge in [0.1, 0.15) is 0 Å². The number of aromatic nitrogens is 2. The van der Waals surface area contributed by atoms with Crippen LogP contribution in [0.4, 0.5) is 5.95 Å². The topological polar surface area (TPSA) is 62.5 Å². The van der Waals surface area contributed by atoms with E-state index in [0.29, 0.717) is 53.6 Å². The fourth-order valence-electron chi connectivity index (χ4n) is 2.98. The highest BCUT2D eigenvalue weighted by atomic mass is 35.5. The molecule has 0 saturated carbocycles. The molecule has 1 fully saturated rings. The Morgan fingerprint density at radius 3 is 2.44 bits per heavy atom. The van der Waals surface area contributed by atoms with E-state index in [0.717, 1.165) is 5.56 Å². The zero-order valence-electron chi connectivity index (χ0n) is 14.3. The van der Waals surface area contributed by atoms with Gasteiger partial charge in [0.15, 0.2) is 0 Å². The molecule has 3 aromatic rings. The number of carbonyl (C=O) groups is 1. The van der Waals surface area contributed by atoms with Crippen LogP contribution in [0.3, 0.4) is 0 Å². The van der Waals surface area contributed by atoms with Crippen molar-refractivity contribution in [3.63, 3.8) is 0 Å². The maximum atomic E-state index is 12.7. The van der Waals surface area contributed by atoms with E-state index >= 15 is 0 Å². The molecule has 1 saturated heterocycles. The Morgan fingerprint density at radius 1 is 1.00 bits per heavy atom. The van der Waals surface area contributed by atoms with E-state index in [4.69, 9.17) is 27.7 Å². The van der Waals surface area contributed by atoms with Crippen molar-refractivity contribution in [1.29, 1.82) is 0 Å². The Bertz CT molecular complexity index is 953. The quantitative estimate of drug-likeness (QED) is 0.662. The van der Waals surface area contributed by atoms with Gasteiger partial charge in [0.2, 0.25) is 0 Å². The molecule has 2 aromatic carbocycles. The van der Waals surface area contributed by atoms with Crippen molar-refractivity contribution >= 4 is 35.1 Å². The second kappa shape index (κ2) is 7.58. The molecular formula is C19H16Cl2N4O2. The van der Waals surface area contributed by atoms with Gasteiger partial charge in [0, 0.05) is 36.8 Å². The predicted molar refractivity (Wildman–Crippen MR) is 104 cm³/mol. The number of rotatable bonds is 3. The third-order valence-corrected chi connectivity index (χ3v) is 5.00. The molecular weight excluding hydrogens is 387 g/mol. The summed E-state index contributed by atoms with van der Waals surface area (Å²) in [6.45, 7) is 2.33. The van der Waals surface area contributed by atoms with Crippen LogP contribution in [0.15, 0.2) is 53.1 Å². The Balaban J connectivity index is 1.42. The van der Waals surface area contributed by atoms with Gasteiger partial charge in [0.25, 0.3) is 17.7 Å². The summed E-state index contributed by atoms with van der Waals surface area (Å²) < 4.78 is 5.36. The molecule has 1 aliphatic heterocycles. The molecule has 0 radical (unpaired) electrons. The molecule has 0 bridgehead atoms. The molecule has 4 rings (SSSR count). The molecule has 138 valence electrons. The van der Waals surface area contributed by atoms with E-state index in [-0.39, 0.29) is 5.91 Å². The van der Waals surface area contributed by atoms with Crippen LogP contribution < -0.4 is 4.90 Å². The summed E-state index contributed by atoms with van der Waals surface area (Å²) in [5.41, 5.74) is 1.34. The SMILES string of the molecule is O=C(c1ccc(Cl)cc1Cl)N1CCN(c2noc(-c3ccccc3)n2)CC1. The molecule has 0 atom stereocenters. The predicted octanol–water partition coefficient (Wildman–Crippen LogP) is 4.01. The number of halogens is 2. The Labute approximate surface area is 166 Å². The summed E-state index contributed by atoms with van der Waals surface area (Å²) in [6, 6.07) is 14.5. The van der Waals surface area contributed by atoms with Crippen molar-refractivity contribution in [3.8, 4) is 11.5 Å². The van der Waals surface area contributed by atoms with Gasteiger partial charge in [-0.2, -0.15) is 4.98 Å². The summed E-state index contributed by atoms with van der Waals surface area (Å²) in [5.74, 6) is 0.914. The maximum Gasteiger partial charge on any atom is 0.266 e. The number of amides is 1. The summed E-state index contributed by atoms with van der Waals surface area (Å²) in [7, 11) is 0. The zero-order chi connectivity index (χ0) is 18.8. The van der Waals surface area contributed by atoms with E-state index in [9.17, 15) is 4.79 Å². The molecule has 1 aliphatic rings. The monoisotopic (exact) mass is 402 g/mol. The van der Waals surface area contributed by atoms with Gasteiger partial charge in [-0.1, -0.05) is 41.4 Å². The van der Waals surface area contributed by atoms with Gasteiger partial charge in [-0.05, 0) is 35.5 Å². The largest absolute Gasteiger partial charge is 0.335 e. The normalized spacial score (nSPS) is 14.4. The maximum absolute atomic E-state index is 12.7. The van der Waals surface area contributed by atoms with E-state index < -0.39 is 0 Å². The second-order valence-corrected chi connectivity index (χ2v) is 7.01. The van der Waals surface area contributed by atoms with E-state index in [2.05, 4.69) is 10.1 Å². The summed E-state index contributed by atoms with van der Waals surface area (Å²) >= 11 is 12.1. The van der Waals surface area contributed by atoms with Crippen LogP contribution in [-0.2, 0) is 0 Å². The average molecular weight is 403 g/mol. The van der Waals surface area contributed by atoms with Gasteiger partial charge in [-0.3, -0.25) is 4.79 Å². The molecule has 8 heteroatoms. The molecule has 1 aromatic heterocycles. The first-order valence-electron chi connectivity index (χ1n) is 8.50. The lowest BCUT2D eigenvalue weighted by atomic mass is 10.2. The van der Waals surface area contributed by atoms with Gasteiger partial charge in [-0.25, -0.2) is 0 Å². The first-order chi connectivity index (χ1) is 13.1. The second-order valence-electron chi connectivity index (χ2n) is 6.17. The lowest BCUT2D eigenvalue weighted by Gasteiger charge is -2.34. The van der Waals surface area contributed by atoms with Crippen molar-refractivity contribution < 1.29 is 9.32 Å².